The van der Waals surface area contributed by atoms with E-state index in [1.165, 1.54) is 24.3 Å². The third kappa shape index (κ3) is 11.0. The molecule has 0 fully saturated rings. The van der Waals surface area contributed by atoms with Crippen LogP contribution >= 0.6 is 11.6 Å². The second-order valence-electron chi connectivity index (χ2n) is 12.8. The van der Waals surface area contributed by atoms with Crippen molar-refractivity contribution in [1.82, 2.24) is 15.0 Å². The number of azo groups is 1. The summed E-state index contributed by atoms with van der Waals surface area (Å²) >= 11 is 6.07. The van der Waals surface area contributed by atoms with E-state index in [-0.39, 0.29) is 11.5 Å². The van der Waals surface area contributed by atoms with Crippen LogP contribution in [0.25, 0.3) is 21.5 Å². The van der Waals surface area contributed by atoms with E-state index in [1.54, 1.807) is 6.07 Å². The molecule has 0 amide bonds. The SMILES string of the molecule is O=S(=O)(O)OCCS(=O)(=O)c1cc(Nc2nc(Cl)nc(Nc3cc(S(=O)(=O)O)cc4cc(S(=O)(=O)O)c(N=Nc5ccc6ccccc6c5S(=O)(=O)O)c(O)c34)n2)c(O)c(S(=O)(=O)O)c1. The molecule has 0 saturated carbocycles. The predicted octanol–water partition coefficient (Wildman–Crippen LogP) is 3.73. The summed E-state index contributed by atoms with van der Waals surface area (Å²) < 4.78 is 200. The van der Waals surface area contributed by atoms with Gasteiger partial charge in [-0.15, -0.1) is 10.2 Å². The highest BCUT2D eigenvalue weighted by molar-refractivity contribution is 7.91. The van der Waals surface area contributed by atoms with E-state index in [1.807, 2.05) is 0 Å². The molecule has 34 heteroatoms. The molecule has 9 N–H and O–H groups in total. The first-order valence-corrected chi connectivity index (χ1v) is 25.8. The van der Waals surface area contributed by atoms with Crippen LogP contribution in [0.15, 0.2) is 101 Å². The van der Waals surface area contributed by atoms with Gasteiger partial charge >= 0.3 is 10.4 Å². The molecular weight excluding hydrogens is 1020 g/mol. The number of aromatic nitrogens is 3. The zero-order valence-electron chi connectivity index (χ0n) is 31.3. The van der Waals surface area contributed by atoms with E-state index in [0.717, 1.165) is 6.07 Å². The molecule has 6 aromatic rings. The Morgan fingerprint density at radius 3 is 1.78 bits per heavy atom. The van der Waals surface area contributed by atoms with Gasteiger partial charge in [0, 0.05) is 10.8 Å². The number of fused-ring (bicyclic) bond motifs is 2. The first kappa shape index (κ1) is 48.6. The Balaban J connectivity index is 1.51. The fourth-order valence-electron chi connectivity index (χ4n) is 5.81. The summed E-state index contributed by atoms with van der Waals surface area (Å²) in [5, 5.41) is 32.6. The monoisotopic (exact) mass is 1040 g/mol. The highest BCUT2D eigenvalue weighted by Crippen LogP contribution is 2.46. The normalized spacial score (nSPS) is 13.1. The molecule has 0 unspecified atom stereocenters. The first-order valence-electron chi connectivity index (χ1n) is 16.7. The van der Waals surface area contributed by atoms with Crippen LogP contribution in [0.3, 0.4) is 0 Å². The predicted molar refractivity (Wildman–Crippen MR) is 222 cm³/mol. The topological polar surface area (TPSA) is 443 Å². The van der Waals surface area contributed by atoms with Crippen LogP contribution in [-0.2, 0) is 64.9 Å². The van der Waals surface area contributed by atoms with E-state index in [2.05, 4.69) is 40.0 Å². The fourth-order valence-corrected chi connectivity index (χ4v) is 10.2. The number of anilines is 4. The van der Waals surface area contributed by atoms with Gasteiger partial charge in [-0.05, 0) is 58.8 Å². The van der Waals surface area contributed by atoms with Gasteiger partial charge in [-0.3, -0.25) is 22.8 Å². The van der Waals surface area contributed by atoms with Crippen molar-refractivity contribution in [3.8, 4) is 11.5 Å². The van der Waals surface area contributed by atoms with Gasteiger partial charge in [0.2, 0.25) is 17.2 Å². The number of nitrogens with one attached hydrogen (secondary N) is 2. The van der Waals surface area contributed by atoms with E-state index in [0.29, 0.717) is 29.7 Å². The number of sulfone groups is 1. The lowest BCUT2D eigenvalue weighted by atomic mass is 10.1. The maximum absolute atomic E-state index is 13.0. The molecule has 0 saturated heterocycles. The molecule has 5 aromatic carbocycles. The van der Waals surface area contributed by atoms with Crippen LogP contribution < -0.4 is 10.6 Å². The van der Waals surface area contributed by atoms with Gasteiger partial charge < -0.3 is 20.8 Å². The molecule has 27 nitrogen and oxygen atoms in total. The standard InChI is InChI=1S/C31H24ClN7O20S6/c32-29-35-30(37-31(36-29)34-21-11-16(13-23(26(21)40)63(50,51)52)60(42,43)8-7-59-65(56,57)58)33-20-12-17(61(44,45)46)9-15-10-22(62(47,48)49)25(27(41)24(15)20)39-38-19-6-5-14-3-1-2-4-18(14)28(19)64(53,54)55/h1-6,9-13,40-41H,7-8H2,(H,44,45,46)(H,47,48,49)(H,50,51,52)(H,53,54,55)(H,56,57,58)(H2,33,34,35,36,37). The molecule has 0 aliphatic heterocycles. The van der Waals surface area contributed by atoms with E-state index in [9.17, 15) is 78.9 Å². The Morgan fingerprint density at radius 2 is 1.20 bits per heavy atom. The van der Waals surface area contributed by atoms with Crippen molar-refractivity contribution in [3.63, 3.8) is 0 Å². The van der Waals surface area contributed by atoms with Crippen molar-refractivity contribution in [3.05, 3.63) is 72.0 Å². The maximum Gasteiger partial charge on any atom is 0.397 e. The summed E-state index contributed by atoms with van der Waals surface area (Å²) in [6, 6.07) is 10.8. The number of phenols is 2. The Labute approximate surface area is 370 Å². The Hall–Kier alpha value is -5.82. The summed E-state index contributed by atoms with van der Waals surface area (Å²) in [4.78, 5) is 5.87. The third-order valence-electron chi connectivity index (χ3n) is 8.44. The average Bonchev–Trinajstić information content (AvgIpc) is 3.15. The summed E-state index contributed by atoms with van der Waals surface area (Å²) in [7, 11) is -31.1. The van der Waals surface area contributed by atoms with Crippen LogP contribution in [0.5, 0.6) is 11.5 Å². The molecule has 65 heavy (non-hydrogen) atoms. The van der Waals surface area contributed by atoms with Crippen molar-refractivity contribution >= 4 is 129 Å². The quantitative estimate of drug-likeness (QED) is 0.0402. The molecular formula is C31H24ClN7O20S6. The number of hydrogen-bond acceptors (Lipinski definition) is 22. The second kappa shape index (κ2) is 17.2. The van der Waals surface area contributed by atoms with Crippen LogP contribution in [0.2, 0.25) is 5.28 Å². The minimum atomic E-state index is -5.45. The van der Waals surface area contributed by atoms with Crippen molar-refractivity contribution < 1.29 is 87.7 Å². The van der Waals surface area contributed by atoms with Gasteiger partial charge in [-0.2, -0.15) is 57.0 Å². The molecule has 0 atom stereocenters. The molecule has 1 aromatic heterocycles. The molecule has 0 spiro atoms. The number of aromatic hydroxyl groups is 2. The van der Waals surface area contributed by atoms with E-state index < -0.39 is 160 Å². The molecule has 0 aliphatic rings. The number of benzene rings is 5. The van der Waals surface area contributed by atoms with Crippen LogP contribution in [0.4, 0.5) is 34.6 Å². The van der Waals surface area contributed by atoms with Crippen molar-refractivity contribution in [2.24, 2.45) is 10.2 Å². The first-order chi connectivity index (χ1) is 29.8. The van der Waals surface area contributed by atoms with Crippen molar-refractivity contribution in [2.45, 2.75) is 24.5 Å². The van der Waals surface area contributed by atoms with Crippen LogP contribution in [0, 0.1) is 0 Å². The van der Waals surface area contributed by atoms with Gasteiger partial charge in [0.1, 0.15) is 26.1 Å². The molecule has 0 aliphatic carbocycles. The third-order valence-corrected chi connectivity index (χ3v) is 14.2. The second-order valence-corrected chi connectivity index (χ2v) is 21.9. The Bertz CT molecular complexity index is 3730. The molecule has 346 valence electrons. The van der Waals surface area contributed by atoms with Crippen molar-refractivity contribution in [2.75, 3.05) is 23.0 Å². The molecule has 6 rings (SSSR count). The molecule has 0 bridgehead atoms. The summed E-state index contributed by atoms with van der Waals surface area (Å²) in [6.07, 6.45) is 0. The van der Waals surface area contributed by atoms with E-state index in [4.69, 9.17) is 16.2 Å². The smallest absolute Gasteiger partial charge is 0.397 e. The van der Waals surface area contributed by atoms with Crippen LogP contribution in [-0.4, -0.2) is 111 Å². The van der Waals surface area contributed by atoms with Crippen molar-refractivity contribution in [1.29, 1.82) is 0 Å². The summed E-state index contributed by atoms with van der Waals surface area (Å²) in [5.41, 5.74) is -3.26. The Kier molecular flexibility index (Phi) is 12.9. The number of hydrogen-bond donors (Lipinski definition) is 9. The Morgan fingerprint density at radius 1 is 0.600 bits per heavy atom. The summed E-state index contributed by atoms with van der Waals surface area (Å²) in [6.45, 7) is -1.19. The maximum atomic E-state index is 13.0. The van der Waals surface area contributed by atoms with Gasteiger partial charge in [0.25, 0.3) is 40.5 Å². The lowest BCUT2D eigenvalue weighted by molar-refractivity contribution is 0.284. The summed E-state index contributed by atoms with van der Waals surface area (Å²) in [5.74, 6) is -5.38. The number of rotatable bonds is 15. The van der Waals surface area contributed by atoms with Gasteiger partial charge in [0.05, 0.1) is 33.5 Å². The fraction of sp³-hybridized carbons (Fsp3) is 0.0645. The average molecular weight is 1040 g/mol. The minimum Gasteiger partial charge on any atom is -0.505 e. The largest absolute Gasteiger partial charge is 0.505 e. The van der Waals surface area contributed by atoms with Gasteiger partial charge in [0.15, 0.2) is 21.3 Å². The van der Waals surface area contributed by atoms with E-state index >= 15 is 0 Å². The molecule has 0 radical (unpaired) electrons. The number of halogens is 1. The van der Waals surface area contributed by atoms with Gasteiger partial charge in [-0.25, -0.2) is 12.6 Å². The van der Waals surface area contributed by atoms with Gasteiger partial charge in [-0.1, -0.05) is 30.3 Å². The number of phenolic OH excluding ortho intramolecular Hbond substituents is 2. The highest BCUT2D eigenvalue weighted by Gasteiger charge is 2.29. The zero-order chi connectivity index (χ0) is 48.2. The highest BCUT2D eigenvalue weighted by atomic mass is 35.5. The van der Waals surface area contributed by atoms with Crippen LogP contribution in [0.1, 0.15) is 0 Å². The minimum absolute atomic E-state index is 0.0611. The lowest BCUT2D eigenvalue weighted by Gasteiger charge is -2.16. The lowest BCUT2D eigenvalue weighted by Crippen LogP contribution is -2.16. The zero-order valence-corrected chi connectivity index (χ0v) is 36.9. The number of nitrogens with zero attached hydrogens (tertiary/aromatic N) is 5. The molecule has 1 heterocycles.